The van der Waals surface area contributed by atoms with Gasteiger partial charge in [0, 0.05) is 6.42 Å². The average molecular weight is 251 g/mol. The smallest absolute Gasteiger partial charge is 0.133 e. The number of phenolic OH excluding ortho intramolecular Hbond substituents is 1. The summed E-state index contributed by atoms with van der Waals surface area (Å²) in [6.45, 7) is 0. The van der Waals surface area contributed by atoms with Crippen LogP contribution in [0.15, 0.2) is 24.3 Å². The summed E-state index contributed by atoms with van der Waals surface area (Å²) in [7, 11) is 12.3. The number of nitrogens with zero attached hydrogens (tertiary/aromatic N) is 3. The molecule has 1 aromatic rings. The number of rotatable bonds is 5. The SMILES string of the molecule is CN(C)C(Cc1ccccc1O)(N(C)C)N(C)C. The lowest BCUT2D eigenvalue weighted by Crippen LogP contribution is -2.65. The summed E-state index contributed by atoms with van der Waals surface area (Å²) in [5.74, 6) is 0.0891. The maximum Gasteiger partial charge on any atom is 0.133 e. The van der Waals surface area contributed by atoms with Gasteiger partial charge in [-0.15, -0.1) is 0 Å². The summed E-state index contributed by atoms with van der Waals surface area (Å²) in [4.78, 5) is 6.50. The van der Waals surface area contributed by atoms with E-state index < -0.39 is 0 Å². The normalized spacial score (nSPS) is 12.7. The number of phenols is 1. The quantitative estimate of drug-likeness (QED) is 0.798. The van der Waals surface area contributed by atoms with Crippen molar-refractivity contribution in [3.05, 3.63) is 29.8 Å². The van der Waals surface area contributed by atoms with Gasteiger partial charge in [0.2, 0.25) is 0 Å². The van der Waals surface area contributed by atoms with Crippen molar-refractivity contribution in [1.82, 2.24) is 14.7 Å². The fourth-order valence-electron chi connectivity index (χ4n) is 2.59. The molecule has 0 unspecified atom stereocenters. The van der Waals surface area contributed by atoms with Gasteiger partial charge in [-0.3, -0.25) is 14.7 Å². The van der Waals surface area contributed by atoms with Crippen molar-refractivity contribution in [2.24, 2.45) is 0 Å². The minimum Gasteiger partial charge on any atom is -0.508 e. The molecule has 0 fully saturated rings. The fraction of sp³-hybridized carbons (Fsp3) is 0.571. The lowest BCUT2D eigenvalue weighted by Gasteiger charge is -2.50. The standard InChI is InChI=1S/C14H25N3O/c1-15(2)14(16(3)4,17(5)6)11-12-9-7-8-10-13(12)18/h7-10,18H,11H2,1-6H3. The minimum atomic E-state index is -0.265. The van der Waals surface area contributed by atoms with E-state index in [1.165, 1.54) is 0 Å². The van der Waals surface area contributed by atoms with Gasteiger partial charge in [0.1, 0.15) is 11.5 Å². The van der Waals surface area contributed by atoms with E-state index in [0.717, 1.165) is 12.0 Å². The molecule has 18 heavy (non-hydrogen) atoms. The predicted molar refractivity (Wildman–Crippen MR) is 75.6 cm³/mol. The third kappa shape index (κ3) is 2.66. The van der Waals surface area contributed by atoms with E-state index in [2.05, 4.69) is 57.0 Å². The molecule has 0 bridgehead atoms. The third-order valence-corrected chi connectivity index (χ3v) is 3.57. The molecule has 0 amide bonds. The Morgan fingerprint density at radius 3 is 1.72 bits per heavy atom. The summed E-state index contributed by atoms with van der Waals surface area (Å²) < 4.78 is 0. The van der Waals surface area contributed by atoms with Gasteiger partial charge in [-0.2, -0.15) is 0 Å². The van der Waals surface area contributed by atoms with Crippen LogP contribution in [0.2, 0.25) is 0 Å². The van der Waals surface area contributed by atoms with Crippen molar-refractivity contribution < 1.29 is 5.11 Å². The van der Waals surface area contributed by atoms with E-state index in [1.54, 1.807) is 6.07 Å². The van der Waals surface area contributed by atoms with Crippen LogP contribution in [0.4, 0.5) is 0 Å². The van der Waals surface area contributed by atoms with Crippen LogP contribution < -0.4 is 0 Å². The largest absolute Gasteiger partial charge is 0.508 e. The van der Waals surface area contributed by atoms with E-state index in [9.17, 15) is 5.11 Å². The lowest BCUT2D eigenvalue weighted by atomic mass is 10.0. The van der Waals surface area contributed by atoms with E-state index in [1.807, 2.05) is 18.2 Å². The molecule has 1 N–H and O–H groups in total. The molecule has 1 rings (SSSR count). The number of hydrogen-bond acceptors (Lipinski definition) is 4. The van der Waals surface area contributed by atoms with Crippen LogP contribution in [-0.2, 0) is 6.42 Å². The van der Waals surface area contributed by atoms with Crippen molar-refractivity contribution in [2.45, 2.75) is 12.2 Å². The Balaban J connectivity index is 3.17. The van der Waals surface area contributed by atoms with E-state index >= 15 is 0 Å². The Morgan fingerprint density at radius 1 is 0.889 bits per heavy atom. The molecule has 0 aliphatic heterocycles. The van der Waals surface area contributed by atoms with Gasteiger partial charge in [-0.1, -0.05) is 18.2 Å². The van der Waals surface area contributed by atoms with Gasteiger partial charge >= 0.3 is 0 Å². The van der Waals surface area contributed by atoms with Crippen LogP contribution in [0, 0.1) is 0 Å². The summed E-state index contributed by atoms with van der Waals surface area (Å²) >= 11 is 0. The average Bonchev–Trinajstić information content (AvgIpc) is 2.26. The number of para-hydroxylation sites is 1. The maximum atomic E-state index is 9.96. The molecule has 0 aromatic heterocycles. The number of benzene rings is 1. The Bertz CT molecular complexity index is 367. The highest BCUT2D eigenvalue weighted by Gasteiger charge is 2.38. The van der Waals surface area contributed by atoms with Crippen molar-refractivity contribution >= 4 is 0 Å². The van der Waals surface area contributed by atoms with Gasteiger partial charge in [-0.05, 0) is 53.9 Å². The molecule has 4 nitrogen and oxygen atoms in total. The first-order valence-corrected chi connectivity index (χ1v) is 6.11. The topological polar surface area (TPSA) is 30.0 Å². The molecule has 0 heterocycles. The first-order chi connectivity index (χ1) is 8.32. The lowest BCUT2D eigenvalue weighted by molar-refractivity contribution is -0.108. The summed E-state index contributed by atoms with van der Waals surface area (Å²) in [5, 5.41) is 9.96. The second kappa shape index (κ2) is 5.69. The first-order valence-electron chi connectivity index (χ1n) is 6.11. The zero-order valence-corrected chi connectivity index (χ0v) is 12.3. The van der Waals surface area contributed by atoms with Crippen molar-refractivity contribution in [3.8, 4) is 5.75 Å². The molecule has 0 radical (unpaired) electrons. The Morgan fingerprint density at radius 2 is 1.33 bits per heavy atom. The molecule has 1 aromatic carbocycles. The molecular weight excluding hydrogens is 226 g/mol. The number of likely N-dealkylation sites (N-methyl/N-ethyl adjacent to an activating group) is 3. The Kier molecular flexibility index (Phi) is 4.73. The molecular formula is C14H25N3O. The third-order valence-electron chi connectivity index (χ3n) is 3.57. The zero-order valence-electron chi connectivity index (χ0n) is 12.3. The molecule has 0 aliphatic rings. The second-order valence-electron chi connectivity index (χ2n) is 5.26. The van der Waals surface area contributed by atoms with Crippen LogP contribution in [0.25, 0.3) is 0 Å². The molecule has 0 atom stereocenters. The van der Waals surface area contributed by atoms with Crippen molar-refractivity contribution in [3.63, 3.8) is 0 Å². The summed E-state index contributed by atoms with van der Waals surface area (Å²) in [6, 6.07) is 7.52. The van der Waals surface area contributed by atoms with Crippen LogP contribution in [-0.4, -0.2) is 67.9 Å². The van der Waals surface area contributed by atoms with Gasteiger partial charge in [0.15, 0.2) is 0 Å². The Labute approximate surface area is 110 Å². The molecule has 0 saturated heterocycles. The van der Waals surface area contributed by atoms with Gasteiger partial charge < -0.3 is 5.11 Å². The second-order valence-corrected chi connectivity index (χ2v) is 5.26. The van der Waals surface area contributed by atoms with Crippen LogP contribution in [0.5, 0.6) is 5.75 Å². The molecule has 102 valence electrons. The summed E-state index contributed by atoms with van der Waals surface area (Å²) in [5.41, 5.74) is 0.952. The van der Waals surface area contributed by atoms with E-state index in [-0.39, 0.29) is 5.79 Å². The molecule has 0 saturated carbocycles. The van der Waals surface area contributed by atoms with E-state index in [0.29, 0.717) is 5.75 Å². The molecule has 4 heteroatoms. The predicted octanol–water partition coefficient (Wildman–Crippen LogP) is 1.27. The highest BCUT2D eigenvalue weighted by Crippen LogP contribution is 2.27. The van der Waals surface area contributed by atoms with Crippen LogP contribution in [0.1, 0.15) is 5.56 Å². The highest BCUT2D eigenvalue weighted by molar-refractivity contribution is 5.33. The van der Waals surface area contributed by atoms with Crippen molar-refractivity contribution in [1.29, 1.82) is 0 Å². The van der Waals surface area contributed by atoms with Gasteiger partial charge in [-0.25, -0.2) is 0 Å². The first kappa shape index (κ1) is 15.0. The number of hydrogen-bond donors (Lipinski definition) is 1. The van der Waals surface area contributed by atoms with Gasteiger partial charge in [0.05, 0.1) is 0 Å². The monoisotopic (exact) mass is 251 g/mol. The minimum absolute atomic E-state index is 0.265. The summed E-state index contributed by atoms with van der Waals surface area (Å²) in [6.07, 6.45) is 0.729. The molecule has 0 spiro atoms. The Hall–Kier alpha value is -1.10. The molecule has 0 aliphatic carbocycles. The van der Waals surface area contributed by atoms with Gasteiger partial charge in [0.25, 0.3) is 0 Å². The highest BCUT2D eigenvalue weighted by atomic mass is 16.3. The van der Waals surface area contributed by atoms with Crippen LogP contribution in [0.3, 0.4) is 0 Å². The van der Waals surface area contributed by atoms with Crippen molar-refractivity contribution in [2.75, 3.05) is 42.3 Å². The zero-order chi connectivity index (χ0) is 13.9. The van der Waals surface area contributed by atoms with E-state index in [4.69, 9.17) is 0 Å². The maximum absolute atomic E-state index is 9.96. The fourth-order valence-corrected chi connectivity index (χ4v) is 2.59. The number of aromatic hydroxyl groups is 1. The van der Waals surface area contributed by atoms with Crippen LogP contribution >= 0.6 is 0 Å².